The minimum absolute atomic E-state index is 0.244. The zero-order valence-corrected chi connectivity index (χ0v) is 20.8. The molecule has 0 saturated carbocycles. The highest BCUT2D eigenvalue weighted by atomic mass is 35.5. The van der Waals surface area contributed by atoms with Crippen molar-refractivity contribution in [3.8, 4) is 28.8 Å². The third-order valence-corrected chi connectivity index (χ3v) is 6.69. The molecule has 39 heavy (non-hydrogen) atoms. The van der Waals surface area contributed by atoms with Crippen molar-refractivity contribution < 1.29 is 41.8 Å². The van der Waals surface area contributed by atoms with E-state index < -0.39 is 24.2 Å². The summed E-state index contributed by atoms with van der Waals surface area (Å²) in [5.41, 5.74) is 2.26. The molecule has 1 atom stereocenters. The summed E-state index contributed by atoms with van der Waals surface area (Å²) in [4.78, 5) is 11.4. The van der Waals surface area contributed by atoms with Crippen molar-refractivity contribution >= 4 is 39.4 Å². The fourth-order valence-electron chi connectivity index (χ4n) is 4.73. The Balaban J connectivity index is 1.49. The summed E-state index contributed by atoms with van der Waals surface area (Å²) in [5.74, 6) is -0.181. The lowest BCUT2D eigenvalue weighted by Gasteiger charge is -2.23. The van der Waals surface area contributed by atoms with Crippen molar-refractivity contribution in [1.82, 2.24) is 9.72 Å². The first-order valence-electron chi connectivity index (χ1n) is 11.7. The molecule has 0 bridgehead atoms. The van der Waals surface area contributed by atoms with Crippen molar-refractivity contribution in [2.45, 2.75) is 32.2 Å². The van der Waals surface area contributed by atoms with Gasteiger partial charge in [0.1, 0.15) is 17.2 Å². The summed E-state index contributed by atoms with van der Waals surface area (Å²) in [7, 11) is 0. The number of carboxylic acid groups (broad SMARTS) is 1. The molecule has 0 radical (unpaired) electrons. The van der Waals surface area contributed by atoms with Crippen LogP contribution >= 0.6 is 11.6 Å². The van der Waals surface area contributed by atoms with Crippen LogP contribution in [0.5, 0.6) is 23.0 Å². The van der Waals surface area contributed by atoms with Crippen LogP contribution in [0, 0.1) is 6.92 Å². The molecular weight excluding hydrogens is 541 g/mol. The number of benzene rings is 3. The maximum Gasteiger partial charge on any atom is 0.573 e. The van der Waals surface area contributed by atoms with Crippen LogP contribution < -0.4 is 14.2 Å². The molecule has 3 heterocycles. The predicted molar refractivity (Wildman–Crippen MR) is 134 cm³/mol. The number of hydrogen-bond acceptors (Lipinski definition) is 6. The third kappa shape index (κ3) is 4.59. The summed E-state index contributed by atoms with van der Waals surface area (Å²) >= 11 is 6.08. The lowest BCUT2D eigenvalue weighted by Crippen LogP contribution is -2.30. The van der Waals surface area contributed by atoms with Crippen LogP contribution in [0.4, 0.5) is 13.2 Å². The van der Waals surface area contributed by atoms with E-state index in [0.717, 1.165) is 5.56 Å². The monoisotopic (exact) mass is 558 g/mol. The lowest BCUT2D eigenvalue weighted by atomic mass is 10.0. The van der Waals surface area contributed by atoms with Crippen molar-refractivity contribution in [1.29, 1.82) is 0 Å². The number of halogens is 4. The maximum atomic E-state index is 13.0. The first-order chi connectivity index (χ1) is 18.6. The second-order valence-corrected chi connectivity index (χ2v) is 9.41. The van der Waals surface area contributed by atoms with Crippen LogP contribution in [0.3, 0.4) is 0 Å². The van der Waals surface area contributed by atoms with Crippen molar-refractivity contribution in [3.63, 3.8) is 0 Å². The molecule has 5 aromatic rings. The topological polar surface area (TPSA) is 96.0 Å². The number of carboxylic acids is 1. The van der Waals surface area contributed by atoms with Gasteiger partial charge in [-0.2, -0.15) is 0 Å². The zero-order valence-electron chi connectivity index (χ0n) is 20.1. The van der Waals surface area contributed by atoms with Gasteiger partial charge in [-0.25, -0.2) is 4.79 Å². The third-order valence-electron chi connectivity index (χ3n) is 6.46. The number of carbonyl (C=O) groups is 1. The van der Waals surface area contributed by atoms with E-state index in [9.17, 15) is 23.1 Å². The average molecular weight is 559 g/mol. The SMILES string of the molecule is Cc1c(Oc2ccc3c(c2)OC(C(=O)O)CC3)c2cc(OC(F)(F)F)ccc2n1-c1noc2cc(Cl)ccc12. The van der Waals surface area contributed by atoms with Crippen LogP contribution in [-0.4, -0.2) is 33.3 Å². The Bertz CT molecular complexity index is 1760. The molecular formula is C27H18ClF3N2O6. The largest absolute Gasteiger partial charge is 0.573 e. The number of hydrogen-bond donors (Lipinski definition) is 1. The first-order valence-corrected chi connectivity index (χ1v) is 12.1. The molecule has 2 aromatic heterocycles. The molecule has 1 unspecified atom stereocenters. The molecule has 0 amide bonds. The number of aliphatic carboxylic acids is 1. The van der Waals surface area contributed by atoms with Gasteiger partial charge in [0.05, 0.1) is 16.6 Å². The Labute approximate surface area is 223 Å². The molecule has 3 aromatic carbocycles. The first kappa shape index (κ1) is 24.9. The number of alkyl halides is 3. The van der Waals surface area contributed by atoms with Gasteiger partial charge < -0.3 is 23.8 Å². The van der Waals surface area contributed by atoms with Crippen LogP contribution in [-0.2, 0) is 11.2 Å². The minimum atomic E-state index is -4.88. The fraction of sp³-hybridized carbons (Fsp3) is 0.185. The summed E-state index contributed by atoms with van der Waals surface area (Å²) in [6, 6.07) is 13.9. The second kappa shape index (κ2) is 9.12. The van der Waals surface area contributed by atoms with Crippen molar-refractivity contribution in [2.24, 2.45) is 0 Å². The molecule has 0 saturated heterocycles. The Hall–Kier alpha value is -4.38. The highest BCUT2D eigenvalue weighted by molar-refractivity contribution is 6.31. The zero-order chi connectivity index (χ0) is 27.5. The van der Waals surface area contributed by atoms with Crippen LogP contribution in [0.15, 0.2) is 59.1 Å². The van der Waals surface area contributed by atoms with Gasteiger partial charge in [-0.15, -0.1) is 13.2 Å². The van der Waals surface area contributed by atoms with Gasteiger partial charge in [0.15, 0.2) is 23.3 Å². The number of ether oxygens (including phenoxy) is 3. The molecule has 1 N–H and O–H groups in total. The van der Waals surface area contributed by atoms with Gasteiger partial charge >= 0.3 is 12.3 Å². The van der Waals surface area contributed by atoms with Gasteiger partial charge in [-0.05, 0) is 61.7 Å². The van der Waals surface area contributed by atoms with Gasteiger partial charge in [-0.3, -0.25) is 4.57 Å². The molecule has 1 aliphatic rings. The molecule has 200 valence electrons. The molecule has 8 nitrogen and oxygen atoms in total. The normalized spacial score (nSPS) is 15.3. The maximum absolute atomic E-state index is 13.0. The van der Waals surface area contributed by atoms with E-state index in [4.69, 9.17) is 25.6 Å². The second-order valence-electron chi connectivity index (χ2n) is 8.98. The Kier molecular flexibility index (Phi) is 5.83. The molecule has 12 heteroatoms. The van der Waals surface area contributed by atoms with E-state index in [0.29, 0.717) is 62.7 Å². The smallest absolute Gasteiger partial charge is 0.479 e. The van der Waals surface area contributed by atoms with Crippen molar-refractivity contribution in [2.75, 3.05) is 0 Å². The van der Waals surface area contributed by atoms with E-state index in [1.165, 1.54) is 18.2 Å². The summed E-state index contributed by atoms with van der Waals surface area (Å²) in [6.07, 6.45) is -5.00. The molecule has 0 spiro atoms. The van der Waals surface area contributed by atoms with Gasteiger partial charge in [0.25, 0.3) is 0 Å². The number of aromatic nitrogens is 2. The van der Waals surface area contributed by atoms with Gasteiger partial charge in [-0.1, -0.05) is 22.8 Å². The van der Waals surface area contributed by atoms with E-state index in [-0.39, 0.29) is 5.75 Å². The summed E-state index contributed by atoms with van der Waals surface area (Å²) in [5, 5.41) is 14.9. The highest BCUT2D eigenvalue weighted by Crippen LogP contribution is 2.42. The Morgan fingerprint density at radius 3 is 2.67 bits per heavy atom. The Morgan fingerprint density at radius 1 is 1.10 bits per heavy atom. The van der Waals surface area contributed by atoms with Crippen LogP contribution in [0.25, 0.3) is 27.7 Å². The quantitative estimate of drug-likeness (QED) is 0.244. The standard InChI is InChI=1S/C27H18ClF3N2O6/c1-13-24(36-16-5-2-14-3-9-21(26(34)35)37-22(14)12-16)19-11-17(38-27(29,30)31)6-8-20(19)33(13)25-18-7-4-15(28)10-23(18)39-32-25/h2,4-8,10-12,21H,3,9H2,1H3,(H,34,35). The number of fused-ring (bicyclic) bond motifs is 3. The summed E-state index contributed by atoms with van der Waals surface area (Å²) < 4.78 is 62.2. The molecule has 0 aliphatic carbocycles. The van der Waals surface area contributed by atoms with Crippen molar-refractivity contribution in [3.05, 3.63) is 70.9 Å². The lowest BCUT2D eigenvalue weighted by molar-refractivity contribution is -0.274. The highest BCUT2D eigenvalue weighted by Gasteiger charge is 2.32. The average Bonchev–Trinajstić information content (AvgIpc) is 3.40. The minimum Gasteiger partial charge on any atom is -0.479 e. The van der Waals surface area contributed by atoms with Gasteiger partial charge in [0, 0.05) is 22.5 Å². The van der Waals surface area contributed by atoms with E-state index >= 15 is 0 Å². The molecule has 1 aliphatic heterocycles. The number of aryl methyl sites for hydroxylation is 1. The van der Waals surface area contributed by atoms with E-state index in [2.05, 4.69) is 9.89 Å². The number of nitrogens with zero attached hydrogens (tertiary/aromatic N) is 2. The van der Waals surface area contributed by atoms with E-state index in [1.54, 1.807) is 47.9 Å². The van der Waals surface area contributed by atoms with E-state index in [1.807, 2.05) is 0 Å². The number of rotatable bonds is 5. The molecule has 6 rings (SSSR count). The summed E-state index contributed by atoms with van der Waals surface area (Å²) in [6.45, 7) is 1.73. The molecule has 0 fully saturated rings. The fourth-order valence-corrected chi connectivity index (χ4v) is 4.89. The predicted octanol–water partition coefficient (Wildman–Crippen LogP) is 7.20. The van der Waals surface area contributed by atoms with Gasteiger partial charge in [0.2, 0.25) is 0 Å². The van der Waals surface area contributed by atoms with Crippen LogP contribution in [0.1, 0.15) is 17.7 Å². The van der Waals surface area contributed by atoms with Crippen LogP contribution in [0.2, 0.25) is 5.02 Å². The Morgan fingerprint density at radius 2 is 1.90 bits per heavy atom.